The third-order valence-corrected chi connectivity index (χ3v) is 4.42. The molecule has 2 aromatic rings. The van der Waals surface area contributed by atoms with Crippen LogP contribution in [0.25, 0.3) is 0 Å². The van der Waals surface area contributed by atoms with Crippen molar-refractivity contribution in [3.05, 3.63) is 53.7 Å². The van der Waals surface area contributed by atoms with Crippen LogP contribution in [0.15, 0.2) is 36.7 Å². The van der Waals surface area contributed by atoms with Gasteiger partial charge in [0.25, 0.3) is 0 Å². The average molecular weight is 344 g/mol. The van der Waals surface area contributed by atoms with E-state index in [0.29, 0.717) is 0 Å². The van der Waals surface area contributed by atoms with Crippen molar-refractivity contribution in [1.29, 1.82) is 0 Å². The van der Waals surface area contributed by atoms with Crippen molar-refractivity contribution < 1.29 is 9.13 Å². The lowest BCUT2D eigenvalue weighted by Gasteiger charge is -2.32. The van der Waals surface area contributed by atoms with Gasteiger partial charge in [-0.25, -0.2) is 9.37 Å². The second kappa shape index (κ2) is 8.36. The summed E-state index contributed by atoms with van der Waals surface area (Å²) < 4.78 is 18.9. The predicted molar refractivity (Wildman–Crippen MR) is 96.1 cm³/mol. The predicted octanol–water partition coefficient (Wildman–Crippen LogP) is 2.52. The van der Waals surface area contributed by atoms with Gasteiger partial charge in [0.1, 0.15) is 11.6 Å². The molecule has 3 heterocycles. The summed E-state index contributed by atoms with van der Waals surface area (Å²) in [6.45, 7) is 3.23. The number of halogens is 1. The molecule has 6 heteroatoms. The first kappa shape index (κ1) is 17.8. The average Bonchev–Trinajstić information content (AvgIpc) is 2.62. The van der Waals surface area contributed by atoms with E-state index >= 15 is 0 Å². The van der Waals surface area contributed by atoms with Crippen molar-refractivity contribution >= 4 is 5.82 Å². The number of anilines is 1. The largest absolute Gasteiger partial charge is 0.376 e. The zero-order chi connectivity index (χ0) is 17.6. The topological polar surface area (TPSA) is 41.5 Å². The maximum Gasteiger partial charge on any atom is 0.141 e. The van der Waals surface area contributed by atoms with Gasteiger partial charge in [-0.05, 0) is 42.7 Å². The molecule has 0 bridgehead atoms. The van der Waals surface area contributed by atoms with Crippen molar-refractivity contribution in [2.24, 2.45) is 0 Å². The van der Waals surface area contributed by atoms with Gasteiger partial charge in [-0.15, -0.1) is 0 Å². The summed E-state index contributed by atoms with van der Waals surface area (Å²) in [7, 11) is 4.00. The summed E-state index contributed by atoms with van der Waals surface area (Å²) in [5.41, 5.74) is 2.17. The molecular weight excluding hydrogens is 319 g/mol. The van der Waals surface area contributed by atoms with Gasteiger partial charge in [0, 0.05) is 39.9 Å². The molecule has 1 aliphatic heterocycles. The van der Waals surface area contributed by atoms with E-state index in [1.807, 2.05) is 25.2 Å². The number of aryl methyl sites for hydroxylation is 1. The number of morpholine rings is 1. The standard InChI is InChI=1S/C19H25FN4O/c1-23(2)19-11-15(7-8-21-19)3-6-18-14-24(9-10-25-18)13-17-5-4-16(20)12-22-17/h4-5,7-8,11-12,18H,3,6,9-10,13-14H2,1-2H3. The summed E-state index contributed by atoms with van der Waals surface area (Å²) in [4.78, 5) is 12.8. The maximum atomic E-state index is 13.0. The monoisotopic (exact) mass is 344 g/mol. The minimum atomic E-state index is -0.293. The smallest absolute Gasteiger partial charge is 0.141 e. The van der Waals surface area contributed by atoms with Gasteiger partial charge in [0.05, 0.1) is 24.6 Å². The Morgan fingerprint density at radius 1 is 1.28 bits per heavy atom. The molecule has 5 nitrogen and oxygen atoms in total. The van der Waals surface area contributed by atoms with Gasteiger partial charge in [0.2, 0.25) is 0 Å². The molecule has 0 aromatic carbocycles. The minimum absolute atomic E-state index is 0.213. The van der Waals surface area contributed by atoms with Crippen LogP contribution in [0.3, 0.4) is 0 Å². The van der Waals surface area contributed by atoms with Crippen molar-refractivity contribution in [3.8, 4) is 0 Å². The lowest BCUT2D eigenvalue weighted by Crippen LogP contribution is -2.42. The van der Waals surface area contributed by atoms with E-state index in [1.54, 1.807) is 6.07 Å². The van der Waals surface area contributed by atoms with Crippen molar-refractivity contribution in [2.75, 3.05) is 38.7 Å². The summed E-state index contributed by atoms with van der Waals surface area (Å²) in [6.07, 6.45) is 5.30. The molecule has 1 fully saturated rings. The normalized spacial score (nSPS) is 18.3. The minimum Gasteiger partial charge on any atom is -0.376 e. The molecular formula is C19H25FN4O. The number of hydrogen-bond donors (Lipinski definition) is 0. The van der Waals surface area contributed by atoms with E-state index in [2.05, 4.69) is 27.0 Å². The third-order valence-electron chi connectivity index (χ3n) is 4.42. The summed E-state index contributed by atoms with van der Waals surface area (Å²) >= 11 is 0. The zero-order valence-electron chi connectivity index (χ0n) is 14.9. The molecule has 0 spiro atoms. The van der Waals surface area contributed by atoms with Gasteiger partial charge >= 0.3 is 0 Å². The molecule has 0 aliphatic carbocycles. The fraction of sp³-hybridized carbons (Fsp3) is 0.474. The Morgan fingerprint density at radius 3 is 2.92 bits per heavy atom. The van der Waals surface area contributed by atoms with E-state index < -0.39 is 0 Å². The molecule has 1 unspecified atom stereocenters. The number of rotatable bonds is 6. The number of hydrogen-bond acceptors (Lipinski definition) is 5. The Kier molecular flexibility index (Phi) is 5.94. The van der Waals surface area contributed by atoms with Crippen LogP contribution in [0.4, 0.5) is 10.2 Å². The van der Waals surface area contributed by atoms with E-state index in [4.69, 9.17) is 4.74 Å². The maximum absolute atomic E-state index is 13.0. The van der Waals surface area contributed by atoms with E-state index in [0.717, 1.165) is 50.6 Å². The van der Waals surface area contributed by atoms with Crippen molar-refractivity contribution in [3.63, 3.8) is 0 Å². The van der Waals surface area contributed by atoms with Crippen molar-refractivity contribution in [1.82, 2.24) is 14.9 Å². The summed E-state index contributed by atoms with van der Waals surface area (Å²) in [5, 5.41) is 0. The fourth-order valence-electron chi connectivity index (χ4n) is 3.02. The van der Waals surface area contributed by atoms with Crippen LogP contribution in [0, 0.1) is 5.82 Å². The molecule has 1 saturated heterocycles. The quantitative estimate of drug-likeness (QED) is 0.805. The lowest BCUT2D eigenvalue weighted by atomic mass is 10.1. The number of aromatic nitrogens is 2. The molecule has 0 radical (unpaired) electrons. The van der Waals surface area contributed by atoms with Crippen LogP contribution < -0.4 is 4.90 Å². The fourth-order valence-corrected chi connectivity index (χ4v) is 3.02. The molecule has 2 aromatic heterocycles. The molecule has 134 valence electrons. The van der Waals surface area contributed by atoms with Crippen LogP contribution >= 0.6 is 0 Å². The van der Waals surface area contributed by atoms with E-state index in [-0.39, 0.29) is 11.9 Å². The van der Waals surface area contributed by atoms with Gasteiger partial charge < -0.3 is 9.64 Å². The van der Waals surface area contributed by atoms with Crippen molar-refractivity contribution in [2.45, 2.75) is 25.5 Å². The third kappa shape index (κ3) is 5.21. The molecule has 0 saturated carbocycles. The molecule has 0 N–H and O–H groups in total. The van der Waals surface area contributed by atoms with E-state index in [9.17, 15) is 4.39 Å². The highest BCUT2D eigenvalue weighted by atomic mass is 19.1. The zero-order valence-corrected chi connectivity index (χ0v) is 14.9. The van der Waals surface area contributed by atoms with Gasteiger partial charge in [-0.1, -0.05) is 0 Å². The molecule has 25 heavy (non-hydrogen) atoms. The molecule has 3 rings (SSSR count). The summed E-state index contributed by atoms with van der Waals surface area (Å²) in [6, 6.07) is 7.41. The Balaban J connectivity index is 1.51. The van der Waals surface area contributed by atoms with Crippen LogP contribution in [0.1, 0.15) is 17.7 Å². The van der Waals surface area contributed by atoms with Crippen LogP contribution in [0.5, 0.6) is 0 Å². The van der Waals surface area contributed by atoms with Gasteiger partial charge in [0.15, 0.2) is 0 Å². The highest BCUT2D eigenvalue weighted by Crippen LogP contribution is 2.16. The highest BCUT2D eigenvalue weighted by molar-refractivity contribution is 5.39. The molecule has 1 aliphatic rings. The molecule has 0 amide bonds. The highest BCUT2D eigenvalue weighted by Gasteiger charge is 2.20. The Labute approximate surface area is 148 Å². The summed E-state index contributed by atoms with van der Waals surface area (Å²) in [5.74, 6) is 0.684. The SMILES string of the molecule is CN(C)c1cc(CCC2CN(Cc3ccc(F)cn3)CCO2)ccn1. The number of pyridine rings is 2. The second-order valence-corrected chi connectivity index (χ2v) is 6.65. The number of ether oxygens (including phenoxy) is 1. The first-order chi connectivity index (χ1) is 12.1. The lowest BCUT2D eigenvalue weighted by molar-refractivity contribution is -0.0349. The van der Waals surface area contributed by atoms with Crippen LogP contribution in [-0.4, -0.2) is 54.8 Å². The number of nitrogens with zero attached hydrogens (tertiary/aromatic N) is 4. The Hall–Kier alpha value is -2.05. The van der Waals surface area contributed by atoms with Gasteiger partial charge in [-0.2, -0.15) is 0 Å². The second-order valence-electron chi connectivity index (χ2n) is 6.65. The van der Waals surface area contributed by atoms with Gasteiger partial charge in [-0.3, -0.25) is 9.88 Å². The first-order valence-electron chi connectivity index (χ1n) is 8.67. The Morgan fingerprint density at radius 2 is 2.16 bits per heavy atom. The molecule has 1 atom stereocenters. The van der Waals surface area contributed by atoms with Crippen LogP contribution in [0.2, 0.25) is 0 Å². The Bertz CT molecular complexity index is 677. The van der Waals surface area contributed by atoms with Crippen LogP contribution in [-0.2, 0) is 17.7 Å². The first-order valence-corrected chi connectivity index (χ1v) is 8.67. The van der Waals surface area contributed by atoms with E-state index in [1.165, 1.54) is 17.8 Å².